The molecule has 0 aliphatic heterocycles. The lowest BCUT2D eigenvalue weighted by atomic mass is 10.0. The SMILES string of the molecule is CCN(CC)C(CNC(=O)c1ccc(NS(=O)(=O)c2ccc(F)cc2)cc1)c1cccc(OC)c1. The van der Waals surface area contributed by atoms with E-state index in [1.165, 1.54) is 24.3 Å². The van der Waals surface area contributed by atoms with E-state index in [1.807, 2.05) is 24.3 Å². The fourth-order valence-corrected chi connectivity index (χ4v) is 4.84. The van der Waals surface area contributed by atoms with Gasteiger partial charge in [0.25, 0.3) is 15.9 Å². The first-order valence-corrected chi connectivity index (χ1v) is 12.8. The highest BCUT2D eigenvalue weighted by atomic mass is 32.2. The zero-order chi connectivity index (χ0) is 25.4. The van der Waals surface area contributed by atoms with Gasteiger partial charge in [-0.25, -0.2) is 12.8 Å². The van der Waals surface area contributed by atoms with Crippen molar-refractivity contribution in [1.29, 1.82) is 0 Å². The molecule has 0 aromatic heterocycles. The van der Waals surface area contributed by atoms with Crippen molar-refractivity contribution < 1.29 is 22.3 Å². The fraction of sp³-hybridized carbons (Fsp3) is 0.269. The third-order valence-electron chi connectivity index (χ3n) is 5.71. The summed E-state index contributed by atoms with van der Waals surface area (Å²) in [6, 6.07) is 18.4. The van der Waals surface area contributed by atoms with Gasteiger partial charge >= 0.3 is 0 Å². The van der Waals surface area contributed by atoms with E-state index in [9.17, 15) is 17.6 Å². The van der Waals surface area contributed by atoms with E-state index in [-0.39, 0.29) is 16.8 Å². The van der Waals surface area contributed by atoms with Gasteiger partial charge in [-0.15, -0.1) is 0 Å². The van der Waals surface area contributed by atoms with E-state index in [0.29, 0.717) is 17.8 Å². The second-order valence-corrected chi connectivity index (χ2v) is 9.54. The van der Waals surface area contributed by atoms with Gasteiger partial charge in [0.1, 0.15) is 11.6 Å². The maximum atomic E-state index is 13.1. The highest BCUT2D eigenvalue weighted by Gasteiger charge is 2.20. The van der Waals surface area contributed by atoms with Gasteiger partial charge in [0.15, 0.2) is 0 Å². The standard InChI is InChI=1S/C26H30FN3O4S/c1-4-30(5-2)25(20-7-6-8-23(17-20)34-3)18-28-26(31)19-9-13-22(14-10-19)29-35(32,33)24-15-11-21(27)12-16-24/h6-17,25,29H,4-5,18H2,1-3H3,(H,28,31). The highest BCUT2D eigenvalue weighted by Crippen LogP contribution is 2.24. The zero-order valence-corrected chi connectivity index (χ0v) is 20.8. The molecule has 7 nitrogen and oxygen atoms in total. The molecule has 1 unspecified atom stereocenters. The number of halogens is 1. The number of sulfonamides is 1. The predicted octanol–water partition coefficient (Wildman–Crippen LogP) is 4.45. The molecule has 1 atom stereocenters. The van der Waals surface area contributed by atoms with E-state index >= 15 is 0 Å². The van der Waals surface area contributed by atoms with Crippen molar-refractivity contribution in [3.63, 3.8) is 0 Å². The number of carbonyl (C=O) groups excluding carboxylic acids is 1. The van der Waals surface area contributed by atoms with Gasteiger partial charge in [-0.2, -0.15) is 0 Å². The Morgan fingerprint density at radius 3 is 2.26 bits per heavy atom. The van der Waals surface area contributed by atoms with Crippen molar-refractivity contribution in [2.24, 2.45) is 0 Å². The molecule has 3 rings (SSSR count). The second-order valence-electron chi connectivity index (χ2n) is 7.86. The monoisotopic (exact) mass is 499 g/mol. The minimum absolute atomic E-state index is 0.0363. The number of ether oxygens (including phenoxy) is 1. The number of nitrogens with one attached hydrogen (secondary N) is 2. The summed E-state index contributed by atoms with van der Waals surface area (Å²) in [6.07, 6.45) is 0. The number of carbonyl (C=O) groups is 1. The Morgan fingerprint density at radius 1 is 1.00 bits per heavy atom. The molecule has 0 spiro atoms. The molecule has 35 heavy (non-hydrogen) atoms. The lowest BCUT2D eigenvalue weighted by molar-refractivity contribution is 0.0935. The maximum Gasteiger partial charge on any atom is 0.261 e. The first kappa shape index (κ1) is 26.2. The van der Waals surface area contributed by atoms with Crippen molar-refractivity contribution >= 4 is 21.6 Å². The summed E-state index contributed by atoms with van der Waals surface area (Å²) < 4.78 is 45.8. The number of hydrogen-bond acceptors (Lipinski definition) is 5. The van der Waals surface area contributed by atoms with Crippen molar-refractivity contribution in [2.45, 2.75) is 24.8 Å². The second kappa shape index (κ2) is 11.8. The van der Waals surface area contributed by atoms with Gasteiger partial charge in [0.05, 0.1) is 18.0 Å². The van der Waals surface area contributed by atoms with Crippen LogP contribution in [0.5, 0.6) is 5.75 Å². The van der Waals surface area contributed by atoms with Crippen LogP contribution in [0.3, 0.4) is 0 Å². The molecule has 0 bridgehead atoms. The molecule has 2 N–H and O–H groups in total. The van der Waals surface area contributed by atoms with E-state index in [0.717, 1.165) is 36.5 Å². The molecule has 0 aliphatic carbocycles. The number of nitrogens with zero attached hydrogens (tertiary/aromatic N) is 1. The van der Waals surface area contributed by atoms with Crippen LogP contribution in [0.2, 0.25) is 0 Å². The lowest BCUT2D eigenvalue weighted by Gasteiger charge is -2.30. The van der Waals surface area contributed by atoms with Crippen molar-refractivity contribution in [1.82, 2.24) is 10.2 Å². The molecule has 1 amide bonds. The Kier molecular flexibility index (Phi) is 8.84. The van der Waals surface area contributed by atoms with Gasteiger partial charge in [0, 0.05) is 17.8 Å². The average molecular weight is 500 g/mol. The molecular formula is C26H30FN3O4S. The quantitative estimate of drug-likeness (QED) is 0.407. The predicted molar refractivity (Wildman–Crippen MR) is 135 cm³/mol. The smallest absolute Gasteiger partial charge is 0.261 e. The Balaban J connectivity index is 1.69. The van der Waals surface area contributed by atoms with Gasteiger partial charge in [0.2, 0.25) is 0 Å². The number of methoxy groups -OCH3 is 1. The Morgan fingerprint density at radius 2 is 1.66 bits per heavy atom. The molecule has 3 aromatic rings. The topological polar surface area (TPSA) is 87.7 Å². The number of rotatable bonds is 11. The van der Waals surface area contributed by atoms with Gasteiger partial charge < -0.3 is 10.1 Å². The molecule has 0 saturated heterocycles. The summed E-state index contributed by atoms with van der Waals surface area (Å²) >= 11 is 0. The molecular weight excluding hydrogens is 469 g/mol. The summed E-state index contributed by atoms with van der Waals surface area (Å²) in [5.41, 5.74) is 1.74. The fourth-order valence-electron chi connectivity index (χ4n) is 3.78. The molecule has 0 heterocycles. The van der Waals surface area contributed by atoms with Crippen LogP contribution in [-0.4, -0.2) is 46.0 Å². The minimum Gasteiger partial charge on any atom is -0.497 e. The van der Waals surface area contributed by atoms with Gasteiger partial charge in [-0.3, -0.25) is 14.4 Å². The summed E-state index contributed by atoms with van der Waals surface area (Å²) in [7, 11) is -2.25. The van der Waals surface area contributed by atoms with E-state index < -0.39 is 15.8 Å². The van der Waals surface area contributed by atoms with Crippen molar-refractivity contribution in [3.8, 4) is 5.75 Å². The molecule has 0 saturated carbocycles. The molecule has 9 heteroatoms. The largest absolute Gasteiger partial charge is 0.497 e. The number of amides is 1. The van der Waals surface area contributed by atoms with E-state index in [4.69, 9.17) is 4.74 Å². The first-order chi connectivity index (χ1) is 16.8. The van der Waals surface area contributed by atoms with Crippen LogP contribution in [0.15, 0.2) is 77.7 Å². The molecule has 3 aromatic carbocycles. The molecule has 0 radical (unpaired) electrons. The maximum absolute atomic E-state index is 13.1. The van der Waals surface area contributed by atoms with E-state index in [2.05, 4.69) is 28.8 Å². The Hall–Kier alpha value is -3.43. The number of hydrogen-bond donors (Lipinski definition) is 2. The Labute approximate surface area is 206 Å². The van der Waals surface area contributed by atoms with Crippen LogP contribution in [0.1, 0.15) is 35.8 Å². The zero-order valence-electron chi connectivity index (χ0n) is 20.0. The van der Waals surface area contributed by atoms with Gasteiger partial charge in [-0.1, -0.05) is 26.0 Å². The van der Waals surface area contributed by atoms with E-state index in [1.54, 1.807) is 19.2 Å². The Bertz CT molecular complexity index is 1230. The summed E-state index contributed by atoms with van der Waals surface area (Å²) in [5, 5.41) is 2.99. The highest BCUT2D eigenvalue weighted by molar-refractivity contribution is 7.92. The molecule has 0 fully saturated rings. The number of anilines is 1. The number of likely N-dealkylation sites (N-methyl/N-ethyl adjacent to an activating group) is 1. The third-order valence-corrected chi connectivity index (χ3v) is 7.11. The van der Waals surface area contributed by atoms with Crippen LogP contribution >= 0.6 is 0 Å². The van der Waals surface area contributed by atoms with Gasteiger partial charge in [-0.05, 0) is 79.3 Å². The summed E-state index contributed by atoms with van der Waals surface area (Å²) in [4.78, 5) is 15.0. The van der Waals surface area contributed by atoms with Crippen LogP contribution in [0.4, 0.5) is 10.1 Å². The average Bonchev–Trinajstić information content (AvgIpc) is 2.87. The van der Waals surface area contributed by atoms with Crippen LogP contribution in [0, 0.1) is 5.82 Å². The van der Waals surface area contributed by atoms with Crippen LogP contribution < -0.4 is 14.8 Å². The van der Waals surface area contributed by atoms with Crippen molar-refractivity contribution in [3.05, 3.63) is 89.7 Å². The molecule has 186 valence electrons. The summed E-state index contributed by atoms with van der Waals surface area (Å²) in [6.45, 7) is 6.18. The minimum atomic E-state index is -3.87. The molecule has 0 aliphatic rings. The number of benzene rings is 3. The normalized spacial score (nSPS) is 12.3. The lowest BCUT2D eigenvalue weighted by Crippen LogP contribution is -2.38. The van der Waals surface area contributed by atoms with Crippen LogP contribution in [0.25, 0.3) is 0 Å². The van der Waals surface area contributed by atoms with Crippen molar-refractivity contribution in [2.75, 3.05) is 31.5 Å². The third kappa shape index (κ3) is 6.80. The first-order valence-electron chi connectivity index (χ1n) is 11.3. The van der Waals surface area contributed by atoms with Crippen LogP contribution in [-0.2, 0) is 10.0 Å². The summed E-state index contributed by atoms with van der Waals surface area (Å²) in [5.74, 6) is -0.0309.